The van der Waals surface area contributed by atoms with E-state index in [9.17, 15) is 5.11 Å². The van der Waals surface area contributed by atoms with Crippen LogP contribution in [0.5, 0.6) is 5.75 Å². The molecule has 0 unspecified atom stereocenters. The minimum absolute atomic E-state index is 0.0338. The maximum absolute atomic E-state index is 9.68. The number of phenols is 1. The standard InChI is InChI=1S/C11H11ClN2O2/c1-6(2)10-13-11(16-14-10)8-4-3-7(12)5-9(8)15/h3-6,15H,1-2H3. The van der Waals surface area contributed by atoms with Crippen LogP contribution in [0.2, 0.25) is 5.02 Å². The molecule has 0 atom stereocenters. The second kappa shape index (κ2) is 4.14. The number of aromatic nitrogens is 2. The smallest absolute Gasteiger partial charge is 0.261 e. The molecule has 1 N–H and O–H groups in total. The first-order chi connectivity index (χ1) is 7.58. The van der Waals surface area contributed by atoms with Crippen molar-refractivity contribution in [3.63, 3.8) is 0 Å². The summed E-state index contributed by atoms with van der Waals surface area (Å²) < 4.78 is 5.07. The average molecular weight is 239 g/mol. The van der Waals surface area contributed by atoms with Gasteiger partial charge in [-0.2, -0.15) is 4.98 Å². The fourth-order valence-corrected chi connectivity index (χ4v) is 1.43. The van der Waals surface area contributed by atoms with E-state index in [0.29, 0.717) is 22.3 Å². The lowest BCUT2D eigenvalue weighted by molar-refractivity contribution is 0.414. The first kappa shape index (κ1) is 11.0. The molecular weight excluding hydrogens is 228 g/mol. The molecule has 2 rings (SSSR count). The van der Waals surface area contributed by atoms with E-state index < -0.39 is 0 Å². The number of nitrogens with zero attached hydrogens (tertiary/aromatic N) is 2. The van der Waals surface area contributed by atoms with Crippen molar-refractivity contribution in [3.05, 3.63) is 29.0 Å². The summed E-state index contributed by atoms with van der Waals surface area (Å²) in [5.74, 6) is 1.14. The van der Waals surface area contributed by atoms with Gasteiger partial charge in [0.1, 0.15) is 5.75 Å². The minimum atomic E-state index is 0.0338. The molecule has 84 valence electrons. The Bertz CT molecular complexity index is 508. The molecule has 0 amide bonds. The summed E-state index contributed by atoms with van der Waals surface area (Å²) in [5, 5.41) is 14.0. The Hall–Kier alpha value is -1.55. The molecule has 0 fully saturated rings. The largest absolute Gasteiger partial charge is 0.507 e. The van der Waals surface area contributed by atoms with Crippen molar-refractivity contribution < 1.29 is 9.63 Å². The highest BCUT2D eigenvalue weighted by atomic mass is 35.5. The van der Waals surface area contributed by atoms with Gasteiger partial charge in [0.15, 0.2) is 5.82 Å². The molecule has 1 aromatic heterocycles. The van der Waals surface area contributed by atoms with E-state index in [-0.39, 0.29) is 11.7 Å². The van der Waals surface area contributed by atoms with E-state index in [1.54, 1.807) is 12.1 Å². The lowest BCUT2D eigenvalue weighted by Crippen LogP contribution is -1.89. The van der Waals surface area contributed by atoms with E-state index >= 15 is 0 Å². The second-order valence-corrected chi connectivity index (χ2v) is 4.21. The molecule has 5 heteroatoms. The first-order valence-corrected chi connectivity index (χ1v) is 5.28. The summed E-state index contributed by atoms with van der Waals surface area (Å²) in [6.45, 7) is 3.94. The number of aromatic hydroxyl groups is 1. The zero-order chi connectivity index (χ0) is 11.7. The SMILES string of the molecule is CC(C)c1noc(-c2ccc(Cl)cc2O)n1. The number of hydrogen-bond donors (Lipinski definition) is 1. The van der Waals surface area contributed by atoms with Crippen LogP contribution in [0.3, 0.4) is 0 Å². The molecule has 0 aliphatic carbocycles. The van der Waals surface area contributed by atoms with Gasteiger partial charge in [0.05, 0.1) is 5.56 Å². The minimum Gasteiger partial charge on any atom is -0.507 e. The molecule has 0 radical (unpaired) electrons. The molecule has 2 aromatic rings. The molecule has 0 aliphatic heterocycles. The Labute approximate surface area is 97.9 Å². The van der Waals surface area contributed by atoms with E-state index in [1.165, 1.54) is 6.07 Å². The van der Waals surface area contributed by atoms with Crippen molar-refractivity contribution in [2.24, 2.45) is 0 Å². The summed E-state index contributed by atoms with van der Waals surface area (Å²) in [7, 11) is 0. The fourth-order valence-electron chi connectivity index (χ4n) is 1.26. The highest BCUT2D eigenvalue weighted by molar-refractivity contribution is 6.30. The van der Waals surface area contributed by atoms with E-state index in [2.05, 4.69) is 10.1 Å². The van der Waals surface area contributed by atoms with Gasteiger partial charge in [0.25, 0.3) is 5.89 Å². The summed E-state index contributed by atoms with van der Waals surface area (Å²) >= 11 is 5.73. The molecule has 0 saturated carbocycles. The molecule has 0 bridgehead atoms. The van der Waals surface area contributed by atoms with Crippen LogP contribution in [0.25, 0.3) is 11.5 Å². The van der Waals surface area contributed by atoms with Crippen LogP contribution in [0.4, 0.5) is 0 Å². The lowest BCUT2D eigenvalue weighted by Gasteiger charge is -1.99. The predicted octanol–water partition coefficient (Wildman–Crippen LogP) is 3.22. The van der Waals surface area contributed by atoms with Crippen molar-refractivity contribution in [3.8, 4) is 17.2 Å². The quantitative estimate of drug-likeness (QED) is 0.873. The molecular formula is C11H11ClN2O2. The van der Waals surface area contributed by atoms with Gasteiger partial charge in [0.2, 0.25) is 0 Å². The second-order valence-electron chi connectivity index (χ2n) is 3.77. The first-order valence-electron chi connectivity index (χ1n) is 4.90. The van der Waals surface area contributed by atoms with E-state index in [0.717, 1.165) is 0 Å². The van der Waals surface area contributed by atoms with Crippen molar-refractivity contribution in [2.45, 2.75) is 19.8 Å². The highest BCUT2D eigenvalue weighted by Gasteiger charge is 2.14. The van der Waals surface area contributed by atoms with Crippen LogP contribution in [-0.4, -0.2) is 15.2 Å². The zero-order valence-corrected chi connectivity index (χ0v) is 9.69. The van der Waals surface area contributed by atoms with Gasteiger partial charge in [-0.15, -0.1) is 0 Å². The van der Waals surface area contributed by atoms with E-state index in [4.69, 9.17) is 16.1 Å². The maximum Gasteiger partial charge on any atom is 0.261 e. The van der Waals surface area contributed by atoms with Crippen molar-refractivity contribution in [1.82, 2.24) is 10.1 Å². The topological polar surface area (TPSA) is 59.2 Å². The van der Waals surface area contributed by atoms with Crippen molar-refractivity contribution in [2.75, 3.05) is 0 Å². The molecule has 1 heterocycles. The number of hydrogen-bond acceptors (Lipinski definition) is 4. The fraction of sp³-hybridized carbons (Fsp3) is 0.273. The third kappa shape index (κ3) is 2.02. The zero-order valence-electron chi connectivity index (χ0n) is 8.94. The van der Waals surface area contributed by atoms with Crippen LogP contribution in [0.1, 0.15) is 25.6 Å². The van der Waals surface area contributed by atoms with Crippen LogP contribution in [0, 0.1) is 0 Å². The van der Waals surface area contributed by atoms with Crippen LogP contribution >= 0.6 is 11.6 Å². The summed E-state index contributed by atoms with van der Waals surface area (Å²) in [5.41, 5.74) is 0.490. The third-order valence-electron chi connectivity index (χ3n) is 2.15. The van der Waals surface area contributed by atoms with Gasteiger partial charge in [-0.1, -0.05) is 30.6 Å². The predicted molar refractivity (Wildman–Crippen MR) is 60.5 cm³/mol. The summed E-state index contributed by atoms with van der Waals surface area (Å²) in [4.78, 5) is 4.19. The maximum atomic E-state index is 9.68. The van der Waals surface area contributed by atoms with Gasteiger partial charge in [-0.25, -0.2) is 0 Å². The van der Waals surface area contributed by atoms with Crippen LogP contribution < -0.4 is 0 Å². The number of halogens is 1. The monoisotopic (exact) mass is 238 g/mol. The van der Waals surface area contributed by atoms with Gasteiger partial charge < -0.3 is 9.63 Å². The van der Waals surface area contributed by atoms with Gasteiger partial charge in [0, 0.05) is 10.9 Å². The van der Waals surface area contributed by atoms with Crippen molar-refractivity contribution >= 4 is 11.6 Å². The Morgan fingerprint density at radius 2 is 2.12 bits per heavy atom. The number of phenolic OH excluding ortho intramolecular Hbond substituents is 1. The van der Waals surface area contributed by atoms with E-state index in [1.807, 2.05) is 13.8 Å². The van der Waals surface area contributed by atoms with Gasteiger partial charge in [-0.3, -0.25) is 0 Å². The Morgan fingerprint density at radius 1 is 1.38 bits per heavy atom. The van der Waals surface area contributed by atoms with Gasteiger partial charge in [-0.05, 0) is 18.2 Å². The lowest BCUT2D eigenvalue weighted by atomic mass is 10.2. The molecule has 0 aliphatic rings. The van der Waals surface area contributed by atoms with Crippen LogP contribution in [-0.2, 0) is 0 Å². The molecule has 4 nitrogen and oxygen atoms in total. The third-order valence-corrected chi connectivity index (χ3v) is 2.38. The van der Waals surface area contributed by atoms with Crippen LogP contribution in [0.15, 0.2) is 22.7 Å². The average Bonchev–Trinajstić information content (AvgIpc) is 2.66. The summed E-state index contributed by atoms with van der Waals surface area (Å²) in [6.07, 6.45) is 0. The highest BCUT2D eigenvalue weighted by Crippen LogP contribution is 2.30. The molecule has 1 aromatic carbocycles. The Morgan fingerprint density at radius 3 is 2.69 bits per heavy atom. The molecule has 0 saturated heterocycles. The molecule has 0 spiro atoms. The number of benzene rings is 1. The Kier molecular flexibility index (Phi) is 2.83. The number of rotatable bonds is 2. The van der Waals surface area contributed by atoms with Gasteiger partial charge >= 0.3 is 0 Å². The normalized spacial score (nSPS) is 11.0. The summed E-state index contributed by atoms with van der Waals surface area (Å²) in [6, 6.07) is 4.75. The Balaban J connectivity index is 2.42. The molecule has 16 heavy (non-hydrogen) atoms. The van der Waals surface area contributed by atoms with Crippen molar-refractivity contribution in [1.29, 1.82) is 0 Å².